The molecule has 0 unspecified atom stereocenters. The highest BCUT2D eigenvalue weighted by molar-refractivity contribution is 7.14. The number of ketones is 1. The molecule has 0 aliphatic rings. The van der Waals surface area contributed by atoms with Crippen LogP contribution in [0.15, 0.2) is 17.5 Å². The second-order valence-electron chi connectivity index (χ2n) is 3.77. The van der Waals surface area contributed by atoms with E-state index < -0.39 is 28.9 Å². The number of halogens is 3. The fourth-order valence-corrected chi connectivity index (χ4v) is 2.10. The molecule has 1 amide bonds. The molecule has 0 saturated carbocycles. The summed E-state index contributed by atoms with van der Waals surface area (Å²) in [5, 5.41) is 3.68. The second kappa shape index (κ2) is 5.41. The molecule has 1 N–H and O–H groups in total. The van der Waals surface area contributed by atoms with Crippen LogP contribution in [0.3, 0.4) is 0 Å². The van der Waals surface area contributed by atoms with Gasteiger partial charge < -0.3 is 0 Å². The number of benzene rings is 1. The van der Waals surface area contributed by atoms with Gasteiger partial charge in [0, 0.05) is 12.3 Å². The topological polar surface area (TPSA) is 59.1 Å². The first-order valence-electron chi connectivity index (χ1n) is 5.31. The molecule has 4 nitrogen and oxygen atoms in total. The Bertz CT molecular complexity index is 700. The minimum Gasteiger partial charge on any atom is -0.298 e. The van der Waals surface area contributed by atoms with Gasteiger partial charge in [-0.25, -0.2) is 18.2 Å². The molecule has 0 spiro atoms. The van der Waals surface area contributed by atoms with Gasteiger partial charge in [-0.1, -0.05) is 0 Å². The standard InChI is InChI=1S/C12H7F3N2O2S/c1-5(18)8-4-20-12(16-8)17-11(19)6-2-3-7(13)10(15)9(6)14/h2-4H,1H3,(H,16,17,19). The van der Waals surface area contributed by atoms with E-state index in [0.717, 1.165) is 17.4 Å². The molecule has 0 saturated heterocycles. The molecule has 0 radical (unpaired) electrons. The monoisotopic (exact) mass is 300 g/mol. The predicted molar refractivity (Wildman–Crippen MR) is 66.4 cm³/mol. The summed E-state index contributed by atoms with van der Waals surface area (Å²) in [7, 11) is 0. The molecule has 0 atom stereocenters. The molecule has 0 aliphatic heterocycles. The summed E-state index contributed by atoms with van der Waals surface area (Å²) in [4.78, 5) is 26.5. The van der Waals surface area contributed by atoms with Crippen LogP contribution in [-0.2, 0) is 0 Å². The number of Topliss-reactive ketones (excluding diaryl/α,β-unsaturated/α-hetero) is 1. The van der Waals surface area contributed by atoms with E-state index in [1.807, 2.05) is 0 Å². The number of nitrogens with zero attached hydrogens (tertiary/aromatic N) is 1. The highest BCUT2D eigenvalue weighted by Gasteiger charge is 2.19. The SMILES string of the molecule is CC(=O)c1csc(NC(=O)c2ccc(F)c(F)c2F)n1. The third kappa shape index (κ3) is 2.69. The van der Waals surface area contributed by atoms with Crippen LogP contribution in [0.5, 0.6) is 0 Å². The van der Waals surface area contributed by atoms with Gasteiger partial charge in [0.05, 0.1) is 5.56 Å². The van der Waals surface area contributed by atoms with Crippen LogP contribution in [0.4, 0.5) is 18.3 Å². The molecule has 8 heteroatoms. The zero-order chi connectivity index (χ0) is 14.9. The van der Waals surface area contributed by atoms with E-state index in [9.17, 15) is 22.8 Å². The Labute approximate surface area is 115 Å². The number of thiazole rings is 1. The predicted octanol–water partition coefficient (Wildman–Crippen LogP) is 3.02. The Balaban J connectivity index is 2.24. The lowest BCUT2D eigenvalue weighted by atomic mass is 10.2. The molecule has 1 aromatic carbocycles. The normalized spacial score (nSPS) is 10.4. The molecule has 20 heavy (non-hydrogen) atoms. The Kier molecular flexibility index (Phi) is 3.84. The van der Waals surface area contributed by atoms with E-state index in [4.69, 9.17) is 0 Å². The molecule has 0 bridgehead atoms. The average Bonchev–Trinajstić information content (AvgIpc) is 2.84. The van der Waals surface area contributed by atoms with Crippen LogP contribution in [0.2, 0.25) is 0 Å². The van der Waals surface area contributed by atoms with Gasteiger partial charge in [-0.15, -0.1) is 11.3 Å². The van der Waals surface area contributed by atoms with E-state index in [2.05, 4.69) is 10.3 Å². The molecule has 0 aliphatic carbocycles. The van der Waals surface area contributed by atoms with Gasteiger partial charge in [-0.2, -0.15) is 0 Å². The number of rotatable bonds is 3. The zero-order valence-corrected chi connectivity index (χ0v) is 10.9. The highest BCUT2D eigenvalue weighted by atomic mass is 32.1. The van der Waals surface area contributed by atoms with Crippen molar-refractivity contribution in [3.05, 3.63) is 46.2 Å². The summed E-state index contributed by atoms with van der Waals surface area (Å²) in [6, 6.07) is 1.47. The molecule has 1 aromatic heterocycles. The number of hydrogen-bond donors (Lipinski definition) is 1. The Hall–Kier alpha value is -2.22. The van der Waals surface area contributed by atoms with Gasteiger partial charge in [-0.05, 0) is 12.1 Å². The third-order valence-corrected chi connectivity index (χ3v) is 3.12. The quantitative estimate of drug-likeness (QED) is 0.700. The van der Waals surface area contributed by atoms with Gasteiger partial charge in [0.1, 0.15) is 5.69 Å². The number of aromatic nitrogens is 1. The second-order valence-corrected chi connectivity index (χ2v) is 4.63. The molecule has 2 rings (SSSR count). The molecular formula is C12H7F3N2O2S. The molecule has 2 aromatic rings. The Morgan fingerprint density at radius 1 is 1.20 bits per heavy atom. The number of amides is 1. The van der Waals surface area contributed by atoms with Crippen LogP contribution in [0, 0.1) is 17.5 Å². The largest absolute Gasteiger partial charge is 0.298 e. The van der Waals surface area contributed by atoms with Crippen molar-refractivity contribution in [1.29, 1.82) is 0 Å². The lowest BCUT2D eigenvalue weighted by Crippen LogP contribution is -2.15. The summed E-state index contributed by atoms with van der Waals surface area (Å²) in [5.41, 5.74) is -0.500. The van der Waals surface area contributed by atoms with Crippen molar-refractivity contribution in [3.63, 3.8) is 0 Å². The van der Waals surface area contributed by atoms with Gasteiger partial charge in [0.25, 0.3) is 5.91 Å². The van der Waals surface area contributed by atoms with E-state index >= 15 is 0 Å². The fraction of sp³-hybridized carbons (Fsp3) is 0.0833. The molecule has 0 fully saturated rings. The first-order chi connectivity index (χ1) is 9.40. The van der Waals surface area contributed by atoms with Gasteiger partial charge in [-0.3, -0.25) is 14.9 Å². The van der Waals surface area contributed by atoms with Crippen LogP contribution < -0.4 is 5.32 Å². The summed E-state index contributed by atoms with van der Waals surface area (Å²) in [5.74, 6) is -5.95. The van der Waals surface area contributed by atoms with Crippen molar-refractivity contribution >= 4 is 28.2 Å². The van der Waals surface area contributed by atoms with Crippen molar-refractivity contribution < 1.29 is 22.8 Å². The lowest BCUT2D eigenvalue weighted by molar-refractivity contribution is 0.100. The summed E-state index contributed by atoms with van der Waals surface area (Å²) >= 11 is 0.960. The summed E-state index contributed by atoms with van der Waals surface area (Å²) in [6.45, 7) is 1.30. The minimum atomic E-state index is -1.72. The number of carbonyl (C=O) groups is 2. The Morgan fingerprint density at radius 3 is 2.50 bits per heavy atom. The van der Waals surface area contributed by atoms with Gasteiger partial charge in [0.15, 0.2) is 28.4 Å². The molecular weight excluding hydrogens is 293 g/mol. The van der Waals surface area contributed by atoms with Crippen LogP contribution in [0.1, 0.15) is 27.8 Å². The van der Waals surface area contributed by atoms with E-state index in [1.165, 1.54) is 12.3 Å². The maximum Gasteiger partial charge on any atom is 0.260 e. The maximum atomic E-state index is 13.4. The van der Waals surface area contributed by atoms with E-state index in [-0.39, 0.29) is 16.6 Å². The van der Waals surface area contributed by atoms with Crippen molar-refractivity contribution in [2.75, 3.05) is 5.32 Å². The zero-order valence-electron chi connectivity index (χ0n) is 10.0. The lowest BCUT2D eigenvalue weighted by Gasteiger charge is -2.04. The van der Waals surface area contributed by atoms with Crippen molar-refractivity contribution in [3.8, 4) is 0 Å². The molecule has 1 heterocycles. The van der Waals surface area contributed by atoms with Crippen LogP contribution in [0.25, 0.3) is 0 Å². The number of nitrogens with one attached hydrogen (secondary N) is 1. The minimum absolute atomic E-state index is 0.0596. The Morgan fingerprint density at radius 2 is 1.90 bits per heavy atom. The van der Waals surface area contributed by atoms with Crippen molar-refractivity contribution in [2.24, 2.45) is 0 Å². The number of anilines is 1. The smallest absolute Gasteiger partial charge is 0.260 e. The van der Waals surface area contributed by atoms with Gasteiger partial charge >= 0.3 is 0 Å². The first-order valence-corrected chi connectivity index (χ1v) is 6.19. The summed E-state index contributed by atoms with van der Waals surface area (Å²) < 4.78 is 39.2. The van der Waals surface area contributed by atoms with Crippen LogP contribution >= 0.6 is 11.3 Å². The van der Waals surface area contributed by atoms with Crippen molar-refractivity contribution in [2.45, 2.75) is 6.92 Å². The van der Waals surface area contributed by atoms with Crippen molar-refractivity contribution in [1.82, 2.24) is 4.98 Å². The number of hydrogen-bond acceptors (Lipinski definition) is 4. The number of carbonyl (C=O) groups excluding carboxylic acids is 2. The molecule has 104 valence electrons. The summed E-state index contributed by atoms with van der Waals surface area (Å²) in [6.07, 6.45) is 0. The third-order valence-electron chi connectivity index (χ3n) is 2.37. The average molecular weight is 300 g/mol. The van der Waals surface area contributed by atoms with E-state index in [1.54, 1.807) is 0 Å². The van der Waals surface area contributed by atoms with E-state index in [0.29, 0.717) is 6.07 Å². The first kappa shape index (κ1) is 14.2. The van der Waals surface area contributed by atoms with Crippen LogP contribution in [-0.4, -0.2) is 16.7 Å². The highest BCUT2D eigenvalue weighted by Crippen LogP contribution is 2.19. The maximum absolute atomic E-state index is 13.4. The fourth-order valence-electron chi connectivity index (χ4n) is 1.36. The van der Waals surface area contributed by atoms with Gasteiger partial charge in [0.2, 0.25) is 0 Å².